The number of amides is 4. The first-order valence-corrected chi connectivity index (χ1v) is 14.3. The van der Waals surface area contributed by atoms with E-state index in [0.717, 1.165) is 25.9 Å². The van der Waals surface area contributed by atoms with Crippen molar-refractivity contribution in [2.24, 2.45) is 0 Å². The lowest BCUT2D eigenvalue weighted by molar-refractivity contribution is -0.152. The zero-order valence-electron chi connectivity index (χ0n) is 23.2. The van der Waals surface area contributed by atoms with Crippen LogP contribution in [0.25, 0.3) is 0 Å². The quantitative estimate of drug-likeness (QED) is 0.268. The van der Waals surface area contributed by atoms with Crippen LogP contribution in [-0.2, 0) is 28.7 Å². The van der Waals surface area contributed by atoms with E-state index in [9.17, 15) is 29.4 Å². The summed E-state index contributed by atoms with van der Waals surface area (Å²) in [5.74, 6) is -1.26. The molecular formula is C26H42N6O8. The molecular weight excluding hydrogens is 524 g/mol. The van der Waals surface area contributed by atoms with Crippen LogP contribution in [0.3, 0.4) is 0 Å². The van der Waals surface area contributed by atoms with Crippen molar-refractivity contribution in [1.82, 2.24) is 30.2 Å². The number of nitrogens with zero attached hydrogens (tertiary/aromatic N) is 4. The van der Waals surface area contributed by atoms with Gasteiger partial charge in [-0.05, 0) is 39.4 Å². The van der Waals surface area contributed by atoms with Crippen LogP contribution in [0.4, 0.5) is 0 Å². The second-order valence-electron chi connectivity index (χ2n) is 11.7. The summed E-state index contributed by atoms with van der Waals surface area (Å²) in [6.45, 7) is 2.52. The van der Waals surface area contributed by atoms with E-state index in [2.05, 4.69) is 27.5 Å². The van der Waals surface area contributed by atoms with Crippen LogP contribution in [0.2, 0.25) is 0 Å². The molecule has 0 aromatic heterocycles. The van der Waals surface area contributed by atoms with Gasteiger partial charge in [0.15, 0.2) is 0 Å². The Morgan fingerprint density at radius 2 is 1.75 bits per heavy atom. The molecule has 0 aromatic rings. The number of carbonyl (C=O) groups is 4. The number of nitrogens with one attached hydrogen (secondary N) is 2. The van der Waals surface area contributed by atoms with Crippen LogP contribution >= 0.6 is 0 Å². The molecule has 5 rings (SSSR count). The molecule has 5 aliphatic heterocycles. The predicted octanol–water partition coefficient (Wildman–Crippen LogP) is -3.67. The molecule has 0 aromatic carbocycles. The van der Waals surface area contributed by atoms with Gasteiger partial charge in [-0.15, -0.1) is 0 Å². The normalized spacial score (nSPS) is 37.0. The minimum atomic E-state index is -1.29. The molecule has 4 amide bonds. The molecule has 0 unspecified atom stereocenters. The molecule has 5 aliphatic rings. The van der Waals surface area contributed by atoms with Crippen LogP contribution < -0.4 is 10.6 Å². The molecule has 5 saturated heterocycles. The third kappa shape index (κ3) is 5.97. The Morgan fingerprint density at radius 3 is 2.48 bits per heavy atom. The Balaban J connectivity index is 1.42. The van der Waals surface area contributed by atoms with Crippen molar-refractivity contribution in [2.75, 3.05) is 66.6 Å². The third-order valence-corrected chi connectivity index (χ3v) is 9.05. The zero-order chi connectivity index (χ0) is 28.6. The van der Waals surface area contributed by atoms with Gasteiger partial charge < -0.3 is 45.0 Å². The predicted molar refractivity (Wildman–Crippen MR) is 140 cm³/mol. The fraction of sp³-hybridized carbons (Fsp3) is 0.846. The van der Waals surface area contributed by atoms with E-state index in [1.54, 1.807) is 4.90 Å². The van der Waals surface area contributed by atoms with E-state index in [0.29, 0.717) is 13.0 Å². The van der Waals surface area contributed by atoms with Crippen molar-refractivity contribution in [3.05, 3.63) is 0 Å². The highest BCUT2D eigenvalue weighted by molar-refractivity contribution is 5.90. The van der Waals surface area contributed by atoms with Gasteiger partial charge in [0.25, 0.3) is 0 Å². The molecule has 0 aliphatic carbocycles. The summed E-state index contributed by atoms with van der Waals surface area (Å²) in [5, 5.41) is 26.8. The number of aliphatic hydroxyl groups is 2. The van der Waals surface area contributed by atoms with Crippen molar-refractivity contribution >= 4 is 23.6 Å². The van der Waals surface area contributed by atoms with Gasteiger partial charge in [0.2, 0.25) is 23.6 Å². The molecule has 6 bridgehead atoms. The minimum absolute atomic E-state index is 0.0220. The lowest BCUT2D eigenvalue weighted by Crippen LogP contribution is -2.64. The highest BCUT2D eigenvalue weighted by Gasteiger charge is 2.48. The fourth-order valence-corrected chi connectivity index (χ4v) is 6.81. The van der Waals surface area contributed by atoms with Crippen LogP contribution in [0.15, 0.2) is 0 Å². The SMILES string of the molecule is COCC(=O)N1CCN2C[C@H]1C(=O)NC[C@H]1O[C@@H](CC(=O)N[C@H]3C[C@@H](C2=O)N(C2CCN(C)CC2)C3)[C@H](O)[C@@H]1O. The molecule has 7 atom stereocenters. The van der Waals surface area contributed by atoms with E-state index in [1.807, 2.05) is 0 Å². The highest BCUT2D eigenvalue weighted by atomic mass is 16.5. The Hall–Kier alpha value is -2.36. The van der Waals surface area contributed by atoms with Gasteiger partial charge in [0.05, 0.1) is 25.1 Å². The zero-order valence-corrected chi connectivity index (χ0v) is 23.2. The second kappa shape index (κ2) is 12.2. The van der Waals surface area contributed by atoms with E-state index in [-0.39, 0.29) is 69.0 Å². The van der Waals surface area contributed by atoms with Crippen molar-refractivity contribution < 1.29 is 38.9 Å². The molecule has 5 heterocycles. The first-order valence-electron chi connectivity index (χ1n) is 14.3. The number of likely N-dealkylation sites (tertiary alicyclic amines) is 2. The molecule has 224 valence electrons. The van der Waals surface area contributed by atoms with Gasteiger partial charge in [0, 0.05) is 45.4 Å². The van der Waals surface area contributed by atoms with Crippen LogP contribution in [0.1, 0.15) is 25.7 Å². The average molecular weight is 567 g/mol. The standard InChI is InChI=1S/C26H42N6O8/c1-29-5-3-16(4-6-29)32-12-15-9-17(32)26(38)30-7-8-31(22(34)14-39-2)18(13-30)25(37)27-11-20-24(36)23(35)19(40-20)10-21(33)28-15/h15-20,23-24,35-36H,3-14H2,1-2H3,(H,27,37)(H,28,33)/t15-,17-,18-,19-,20+,23-,24+/m0/s1. The van der Waals surface area contributed by atoms with Crippen LogP contribution in [-0.4, -0.2) is 169 Å². The van der Waals surface area contributed by atoms with Crippen LogP contribution in [0.5, 0.6) is 0 Å². The number of methoxy groups -OCH3 is 1. The Morgan fingerprint density at radius 1 is 1.02 bits per heavy atom. The van der Waals surface area contributed by atoms with Gasteiger partial charge in [-0.3, -0.25) is 24.1 Å². The molecule has 14 heteroatoms. The van der Waals surface area contributed by atoms with Crippen molar-refractivity contribution in [2.45, 2.75) is 74.3 Å². The first-order chi connectivity index (χ1) is 19.2. The summed E-state index contributed by atoms with van der Waals surface area (Å²) < 4.78 is 10.8. The number of hydrogen-bond donors (Lipinski definition) is 4. The Kier molecular flexibility index (Phi) is 8.92. The number of piperazine rings is 1. The van der Waals surface area contributed by atoms with E-state index >= 15 is 0 Å². The monoisotopic (exact) mass is 566 g/mol. The van der Waals surface area contributed by atoms with E-state index < -0.39 is 42.4 Å². The topological polar surface area (TPSA) is 164 Å². The summed E-state index contributed by atoms with van der Waals surface area (Å²) in [7, 11) is 3.49. The van der Waals surface area contributed by atoms with Crippen molar-refractivity contribution in [3.8, 4) is 0 Å². The van der Waals surface area contributed by atoms with Gasteiger partial charge >= 0.3 is 0 Å². The number of hydrogen-bond acceptors (Lipinski definition) is 10. The highest BCUT2D eigenvalue weighted by Crippen LogP contribution is 2.29. The maximum absolute atomic E-state index is 14.0. The van der Waals surface area contributed by atoms with Gasteiger partial charge in [-0.2, -0.15) is 0 Å². The Labute approximate surface area is 233 Å². The summed E-state index contributed by atoms with van der Waals surface area (Å²) in [4.78, 5) is 60.8. The minimum Gasteiger partial charge on any atom is -0.388 e. The Bertz CT molecular complexity index is 977. The summed E-state index contributed by atoms with van der Waals surface area (Å²) in [6.07, 6.45) is -2.35. The number of carbonyl (C=O) groups excluding carboxylic acids is 4. The van der Waals surface area contributed by atoms with Crippen molar-refractivity contribution in [3.63, 3.8) is 0 Å². The van der Waals surface area contributed by atoms with Gasteiger partial charge in [-0.1, -0.05) is 0 Å². The molecule has 5 fully saturated rings. The number of fused-ring (bicyclic) bond motifs is 6. The molecule has 14 nitrogen and oxygen atoms in total. The summed E-state index contributed by atoms with van der Waals surface area (Å²) in [5.41, 5.74) is 0. The number of piperidine rings is 1. The van der Waals surface area contributed by atoms with Gasteiger partial charge in [-0.25, -0.2) is 0 Å². The van der Waals surface area contributed by atoms with Gasteiger partial charge in [0.1, 0.15) is 31.0 Å². The smallest absolute Gasteiger partial charge is 0.249 e. The number of aliphatic hydroxyl groups excluding tert-OH is 2. The maximum atomic E-state index is 14.0. The third-order valence-electron chi connectivity index (χ3n) is 9.05. The second-order valence-corrected chi connectivity index (χ2v) is 11.7. The molecule has 4 N–H and O–H groups in total. The van der Waals surface area contributed by atoms with E-state index in [1.165, 1.54) is 12.0 Å². The summed E-state index contributed by atoms with van der Waals surface area (Å²) >= 11 is 0. The number of ether oxygens (including phenoxy) is 2. The molecule has 0 saturated carbocycles. The fourth-order valence-electron chi connectivity index (χ4n) is 6.81. The lowest BCUT2D eigenvalue weighted by atomic mass is 10.0. The average Bonchev–Trinajstić information content (AvgIpc) is 3.47. The first kappa shape index (κ1) is 29.1. The molecule has 40 heavy (non-hydrogen) atoms. The van der Waals surface area contributed by atoms with Crippen LogP contribution in [0, 0.1) is 0 Å². The molecule has 0 radical (unpaired) electrons. The maximum Gasteiger partial charge on any atom is 0.249 e. The lowest BCUT2D eigenvalue weighted by Gasteiger charge is -2.43. The van der Waals surface area contributed by atoms with E-state index in [4.69, 9.17) is 9.47 Å². The summed E-state index contributed by atoms with van der Waals surface area (Å²) in [6, 6.07) is -1.48. The largest absolute Gasteiger partial charge is 0.388 e. The van der Waals surface area contributed by atoms with Crippen molar-refractivity contribution in [1.29, 1.82) is 0 Å². The number of rotatable bonds is 3. The molecule has 0 spiro atoms.